The molecule has 1 saturated heterocycles. The standard InChI is InChI=1S/C21H28N4O3/c1-17(26)23(2)18-6-8-20(9-7-18)28-16-19(27)15-24-11-13-25(14-12-24)21-5-3-4-10-22-21/h3-10,19,27H,11-16H2,1-2H3/t19-/m1/s1. The SMILES string of the molecule is CC(=O)N(C)c1ccc(OC[C@H](O)CN2CCN(c3ccccn3)CC2)cc1. The fourth-order valence-corrected chi connectivity index (χ4v) is 3.19. The highest BCUT2D eigenvalue weighted by Gasteiger charge is 2.20. The fraction of sp³-hybridized carbons (Fsp3) is 0.429. The number of hydrogen-bond acceptors (Lipinski definition) is 6. The minimum atomic E-state index is -0.555. The lowest BCUT2D eigenvalue weighted by atomic mass is 10.2. The van der Waals surface area contributed by atoms with Crippen LogP contribution in [0.1, 0.15) is 6.92 Å². The van der Waals surface area contributed by atoms with Crippen molar-refractivity contribution in [3.8, 4) is 5.75 Å². The predicted molar refractivity (Wildman–Crippen MR) is 110 cm³/mol. The summed E-state index contributed by atoms with van der Waals surface area (Å²) in [6.45, 7) is 5.92. The van der Waals surface area contributed by atoms with Gasteiger partial charge in [-0.05, 0) is 36.4 Å². The zero-order chi connectivity index (χ0) is 19.9. The molecule has 0 unspecified atom stereocenters. The van der Waals surface area contributed by atoms with Crippen molar-refractivity contribution in [3.05, 3.63) is 48.7 Å². The summed E-state index contributed by atoms with van der Waals surface area (Å²) in [5.41, 5.74) is 0.811. The average Bonchev–Trinajstić information content (AvgIpc) is 2.73. The molecule has 1 fully saturated rings. The first-order valence-electron chi connectivity index (χ1n) is 9.56. The maximum atomic E-state index is 11.4. The molecule has 0 radical (unpaired) electrons. The van der Waals surface area contributed by atoms with Crippen molar-refractivity contribution in [3.63, 3.8) is 0 Å². The van der Waals surface area contributed by atoms with Crippen LogP contribution in [0.4, 0.5) is 11.5 Å². The average molecular weight is 384 g/mol. The van der Waals surface area contributed by atoms with Crippen LogP contribution in [-0.2, 0) is 4.79 Å². The Morgan fingerprint density at radius 3 is 2.50 bits per heavy atom. The number of piperazine rings is 1. The molecule has 1 aromatic heterocycles. The third-order valence-electron chi connectivity index (χ3n) is 4.95. The van der Waals surface area contributed by atoms with E-state index >= 15 is 0 Å². The monoisotopic (exact) mass is 384 g/mol. The van der Waals surface area contributed by atoms with Crippen LogP contribution >= 0.6 is 0 Å². The minimum Gasteiger partial charge on any atom is -0.491 e. The normalized spacial score (nSPS) is 15.9. The summed E-state index contributed by atoms with van der Waals surface area (Å²) in [6, 6.07) is 13.2. The van der Waals surface area contributed by atoms with Crippen molar-refractivity contribution >= 4 is 17.4 Å². The Hall–Kier alpha value is -2.64. The molecule has 7 nitrogen and oxygen atoms in total. The number of anilines is 2. The van der Waals surface area contributed by atoms with Gasteiger partial charge in [0.25, 0.3) is 0 Å². The molecule has 28 heavy (non-hydrogen) atoms. The van der Waals surface area contributed by atoms with Crippen molar-refractivity contribution in [2.45, 2.75) is 13.0 Å². The Morgan fingerprint density at radius 1 is 1.18 bits per heavy atom. The highest BCUT2D eigenvalue weighted by Crippen LogP contribution is 2.19. The number of hydrogen-bond donors (Lipinski definition) is 1. The summed E-state index contributed by atoms with van der Waals surface area (Å²) in [6.07, 6.45) is 1.26. The zero-order valence-electron chi connectivity index (χ0n) is 16.5. The molecular weight excluding hydrogens is 356 g/mol. The summed E-state index contributed by atoms with van der Waals surface area (Å²) in [4.78, 5) is 21.9. The number of nitrogens with zero attached hydrogens (tertiary/aromatic N) is 4. The molecule has 1 aliphatic heterocycles. The van der Waals surface area contributed by atoms with E-state index in [1.54, 1.807) is 11.9 Å². The molecule has 0 spiro atoms. The molecule has 0 saturated carbocycles. The Labute approximate surface area is 166 Å². The van der Waals surface area contributed by atoms with Gasteiger partial charge in [0.2, 0.25) is 5.91 Å². The Morgan fingerprint density at radius 2 is 1.89 bits per heavy atom. The van der Waals surface area contributed by atoms with E-state index < -0.39 is 6.10 Å². The first-order valence-corrected chi connectivity index (χ1v) is 9.56. The number of carbonyl (C=O) groups is 1. The summed E-state index contributed by atoms with van der Waals surface area (Å²) >= 11 is 0. The molecule has 150 valence electrons. The molecule has 0 aliphatic carbocycles. The quantitative estimate of drug-likeness (QED) is 0.783. The van der Waals surface area contributed by atoms with Gasteiger partial charge >= 0.3 is 0 Å². The van der Waals surface area contributed by atoms with E-state index in [1.165, 1.54) is 6.92 Å². The van der Waals surface area contributed by atoms with E-state index in [9.17, 15) is 9.90 Å². The molecule has 3 rings (SSSR count). The predicted octanol–water partition coefficient (Wildman–Crippen LogP) is 1.63. The van der Waals surface area contributed by atoms with Crippen LogP contribution < -0.4 is 14.5 Å². The van der Waals surface area contributed by atoms with E-state index in [2.05, 4.69) is 14.8 Å². The highest BCUT2D eigenvalue weighted by molar-refractivity contribution is 5.90. The third-order valence-corrected chi connectivity index (χ3v) is 4.95. The third kappa shape index (κ3) is 5.43. The Bertz CT molecular complexity index is 746. The molecule has 1 amide bonds. The number of benzene rings is 1. The molecule has 2 aromatic rings. The smallest absolute Gasteiger partial charge is 0.223 e. The van der Waals surface area contributed by atoms with Gasteiger partial charge in [-0.15, -0.1) is 0 Å². The van der Waals surface area contributed by atoms with Gasteiger partial charge in [-0.1, -0.05) is 6.07 Å². The molecule has 2 heterocycles. The largest absolute Gasteiger partial charge is 0.491 e. The van der Waals surface area contributed by atoms with Gasteiger partial charge in [0.05, 0.1) is 0 Å². The number of pyridine rings is 1. The van der Waals surface area contributed by atoms with Crippen molar-refractivity contribution in [2.24, 2.45) is 0 Å². The van der Waals surface area contributed by atoms with Gasteiger partial charge in [0.1, 0.15) is 24.3 Å². The van der Waals surface area contributed by atoms with Crippen molar-refractivity contribution in [1.29, 1.82) is 0 Å². The lowest BCUT2D eigenvalue weighted by Gasteiger charge is -2.36. The minimum absolute atomic E-state index is 0.0211. The molecule has 1 N–H and O–H groups in total. The second-order valence-electron chi connectivity index (χ2n) is 7.01. The fourth-order valence-electron chi connectivity index (χ4n) is 3.19. The van der Waals surface area contributed by atoms with Crippen LogP contribution in [0.15, 0.2) is 48.7 Å². The van der Waals surface area contributed by atoms with E-state index in [4.69, 9.17) is 4.74 Å². The van der Waals surface area contributed by atoms with Gasteiger partial charge < -0.3 is 19.6 Å². The number of aliphatic hydroxyl groups is 1. The number of aliphatic hydroxyl groups excluding tert-OH is 1. The first-order chi connectivity index (χ1) is 13.5. The number of β-amino-alcohol motifs (C(OH)–C–C–N with tert-alkyl or cyclic N) is 1. The van der Waals surface area contributed by atoms with Crippen LogP contribution in [0.5, 0.6) is 5.75 Å². The van der Waals surface area contributed by atoms with Gasteiger partial charge in [0.15, 0.2) is 0 Å². The molecule has 7 heteroatoms. The topological polar surface area (TPSA) is 69.1 Å². The summed E-state index contributed by atoms with van der Waals surface area (Å²) in [7, 11) is 1.73. The van der Waals surface area contributed by atoms with Crippen LogP contribution in [0, 0.1) is 0 Å². The summed E-state index contributed by atoms with van der Waals surface area (Å²) < 4.78 is 5.69. The van der Waals surface area contributed by atoms with Gasteiger partial charge in [-0.3, -0.25) is 9.69 Å². The second kappa shape index (κ2) is 9.52. The number of amides is 1. The van der Waals surface area contributed by atoms with Crippen molar-refractivity contribution in [2.75, 3.05) is 56.2 Å². The van der Waals surface area contributed by atoms with E-state index in [0.29, 0.717) is 12.3 Å². The summed E-state index contributed by atoms with van der Waals surface area (Å²) in [5, 5.41) is 10.3. The maximum absolute atomic E-state index is 11.4. The van der Waals surface area contributed by atoms with Crippen LogP contribution in [0.2, 0.25) is 0 Å². The van der Waals surface area contributed by atoms with Crippen LogP contribution in [0.3, 0.4) is 0 Å². The highest BCUT2D eigenvalue weighted by atomic mass is 16.5. The number of carbonyl (C=O) groups excluding carboxylic acids is 1. The molecule has 1 aliphatic rings. The maximum Gasteiger partial charge on any atom is 0.223 e. The first kappa shape index (κ1) is 20.1. The number of rotatable bonds is 7. The number of ether oxygens (including phenoxy) is 1. The van der Waals surface area contributed by atoms with Crippen LogP contribution in [0.25, 0.3) is 0 Å². The molecule has 1 aromatic carbocycles. The van der Waals surface area contributed by atoms with E-state index in [1.807, 2.05) is 48.7 Å². The van der Waals surface area contributed by atoms with Crippen molar-refractivity contribution in [1.82, 2.24) is 9.88 Å². The molecular formula is C21H28N4O3. The summed E-state index contributed by atoms with van der Waals surface area (Å²) in [5.74, 6) is 1.66. The van der Waals surface area contributed by atoms with E-state index in [-0.39, 0.29) is 12.5 Å². The zero-order valence-corrected chi connectivity index (χ0v) is 16.5. The van der Waals surface area contributed by atoms with Crippen molar-refractivity contribution < 1.29 is 14.6 Å². The lowest BCUT2D eigenvalue weighted by Crippen LogP contribution is -2.49. The van der Waals surface area contributed by atoms with Crippen LogP contribution in [-0.4, -0.2) is 73.4 Å². The Balaban J connectivity index is 1.40. The number of aromatic nitrogens is 1. The van der Waals surface area contributed by atoms with Gasteiger partial charge in [0, 0.05) is 58.6 Å². The van der Waals surface area contributed by atoms with E-state index in [0.717, 1.165) is 37.7 Å². The molecule has 1 atom stereocenters. The van der Waals surface area contributed by atoms with Gasteiger partial charge in [-0.2, -0.15) is 0 Å². The lowest BCUT2D eigenvalue weighted by molar-refractivity contribution is -0.116. The molecule has 0 bridgehead atoms. The van der Waals surface area contributed by atoms with Gasteiger partial charge in [-0.25, -0.2) is 4.98 Å². The second-order valence-corrected chi connectivity index (χ2v) is 7.01. The Kier molecular flexibility index (Phi) is 6.84.